The predicted octanol–water partition coefficient (Wildman–Crippen LogP) is 3.25. The number of nitriles is 1. The van der Waals surface area contributed by atoms with Crippen LogP contribution in [-0.2, 0) is 5.41 Å². The lowest BCUT2D eigenvalue weighted by Gasteiger charge is -2.14. The summed E-state index contributed by atoms with van der Waals surface area (Å²) in [4.78, 5) is 8.67. The summed E-state index contributed by atoms with van der Waals surface area (Å²) in [6.07, 6.45) is 1.70. The average Bonchev–Trinajstić information content (AvgIpc) is 2.40. The molecule has 0 unspecified atom stereocenters. The van der Waals surface area contributed by atoms with Gasteiger partial charge < -0.3 is 0 Å². The summed E-state index contributed by atoms with van der Waals surface area (Å²) >= 11 is 0. The number of nitrogens with zero attached hydrogens (tertiary/aromatic N) is 3. The molecule has 1 aromatic heterocycles. The molecule has 0 amide bonds. The maximum Gasteiger partial charge on any atom is 0.148 e. The van der Waals surface area contributed by atoms with Crippen LogP contribution >= 0.6 is 0 Å². The van der Waals surface area contributed by atoms with Gasteiger partial charge in [0.05, 0.1) is 11.8 Å². The van der Waals surface area contributed by atoms with Gasteiger partial charge in [0.15, 0.2) is 0 Å². The molecule has 0 aliphatic rings. The van der Waals surface area contributed by atoms with E-state index in [9.17, 15) is 0 Å². The van der Waals surface area contributed by atoms with Crippen LogP contribution in [0.5, 0.6) is 0 Å². The van der Waals surface area contributed by atoms with Crippen molar-refractivity contribution in [1.29, 1.82) is 5.26 Å². The number of hydrogen-bond donors (Lipinski definition) is 0. The van der Waals surface area contributed by atoms with E-state index in [0.29, 0.717) is 5.82 Å². The summed E-state index contributed by atoms with van der Waals surface area (Å²) in [5, 5.41) is 9.12. The summed E-state index contributed by atoms with van der Waals surface area (Å²) in [5.74, 6) is 0.558. The lowest BCUT2D eigenvalue weighted by Crippen LogP contribution is -2.18. The first-order valence-electron chi connectivity index (χ1n) is 5.85. The molecular formula is C15H15N3. The zero-order valence-electron chi connectivity index (χ0n) is 10.8. The van der Waals surface area contributed by atoms with Crippen molar-refractivity contribution in [1.82, 2.24) is 9.97 Å². The number of rotatable bonds is 2. The maximum atomic E-state index is 9.12. The van der Waals surface area contributed by atoms with Gasteiger partial charge in [0, 0.05) is 11.8 Å². The second kappa shape index (κ2) is 4.58. The van der Waals surface area contributed by atoms with Gasteiger partial charge in [0.2, 0.25) is 0 Å². The first-order valence-corrected chi connectivity index (χ1v) is 5.85. The van der Waals surface area contributed by atoms with Crippen molar-refractivity contribution in [3.63, 3.8) is 0 Å². The topological polar surface area (TPSA) is 49.6 Å². The second-order valence-corrected chi connectivity index (χ2v) is 4.87. The molecule has 2 aromatic rings. The summed E-state index contributed by atoms with van der Waals surface area (Å²) in [5.41, 5.74) is 2.44. The summed E-state index contributed by atoms with van der Waals surface area (Å²) in [7, 11) is 0. The van der Waals surface area contributed by atoms with Crippen molar-refractivity contribution in [3.8, 4) is 17.3 Å². The van der Waals surface area contributed by atoms with Crippen molar-refractivity contribution < 1.29 is 0 Å². The molecule has 0 bridgehead atoms. The summed E-state index contributed by atoms with van der Waals surface area (Å²) < 4.78 is 0. The number of benzene rings is 1. The minimum Gasteiger partial charge on any atom is -0.240 e. The van der Waals surface area contributed by atoms with Crippen molar-refractivity contribution in [3.05, 3.63) is 47.9 Å². The molecule has 0 saturated heterocycles. The highest BCUT2D eigenvalue weighted by atomic mass is 14.9. The van der Waals surface area contributed by atoms with Gasteiger partial charge in [0.1, 0.15) is 11.2 Å². The molecule has 90 valence electrons. The Balaban J connectivity index is 2.45. The molecule has 0 fully saturated rings. The van der Waals surface area contributed by atoms with E-state index >= 15 is 0 Å². The minimum absolute atomic E-state index is 0.558. The van der Waals surface area contributed by atoms with Crippen LogP contribution in [0, 0.1) is 18.3 Å². The molecule has 0 atom stereocenters. The second-order valence-electron chi connectivity index (χ2n) is 4.87. The van der Waals surface area contributed by atoms with Crippen LogP contribution in [0.2, 0.25) is 0 Å². The first kappa shape index (κ1) is 12.3. The van der Waals surface area contributed by atoms with Crippen molar-refractivity contribution in [2.45, 2.75) is 26.2 Å². The van der Waals surface area contributed by atoms with Crippen molar-refractivity contribution in [2.24, 2.45) is 0 Å². The molecule has 18 heavy (non-hydrogen) atoms. The summed E-state index contributed by atoms with van der Waals surface area (Å²) in [6.45, 7) is 5.69. The smallest absolute Gasteiger partial charge is 0.148 e. The van der Waals surface area contributed by atoms with Gasteiger partial charge in [-0.2, -0.15) is 5.26 Å². The lowest BCUT2D eigenvalue weighted by atomic mass is 9.94. The van der Waals surface area contributed by atoms with Gasteiger partial charge in [-0.15, -0.1) is 0 Å². The van der Waals surface area contributed by atoms with Gasteiger partial charge in [-0.3, -0.25) is 0 Å². The first-order chi connectivity index (χ1) is 8.53. The third-order valence-electron chi connectivity index (χ3n) is 2.84. The van der Waals surface area contributed by atoms with Gasteiger partial charge >= 0.3 is 0 Å². The van der Waals surface area contributed by atoms with Crippen LogP contribution < -0.4 is 0 Å². The predicted molar refractivity (Wildman–Crippen MR) is 70.8 cm³/mol. The van der Waals surface area contributed by atoms with Crippen LogP contribution in [0.15, 0.2) is 36.5 Å². The van der Waals surface area contributed by atoms with Crippen LogP contribution in [0.1, 0.15) is 25.2 Å². The Kier molecular flexibility index (Phi) is 3.12. The summed E-state index contributed by atoms with van der Waals surface area (Å²) in [6, 6.07) is 12.2. The maximum absolute atomic E-state index is 9.12. The third kappa shape index (κ3) is 2.38. The van der Waals surface area contributed by atoms with Gasteiger partial charge in [-0.1, -0.05) is 29.8 Å². The van der Waals surface area contributed by atoms with Crippen molar-refractivity contribution >= 4 is 0 Å². The van der Waals surface area contributed by atoms with Crippen LogP contribution in [0.4, 0.5) is 0 Å². The highest BCUT2D eigenvalue weighted by Crippen LogP contribution is 2.22. The van der Waals surface area contributed by atoms with Crippen LogP contribution in [-0.4, -0.2) is 9.97 Å². The van der Waals surface area contributed by atoms with E-state index in [0.717, 1.165) is 11.3 Å². The zero-order valence-corrected chi connectivity index (χ0v) is 10.8. The van der Waals surface area contributed by atoms with Crippen LogP contribution in [0.25, 0.3) is 11.3 Å². The average molecular weight is 237 g/mol. The highest BCUT2D eigenvalue weighted by molar-refractivity contribution is 5.59. The molecule has 3 heteroatoms. The fourth-order valence-corrected chi connectivity index (χ4v) is 1.59. The number of hydrogen-bond acceptors (Lipinski definition) is 3. The van der Waals surface area contributed by atoms with Crippen molar-refractivity contribution in [2.75, 3.05) is 0 Å². The molecule has 0 saturated carbocycles. The SMILES string of the molecule is Cc1ccc(-c2ccnc(C(C)(C)C#N)n2)cc1. The Bertz CT molecular complexity index is 592. The minimum atomic E-state index is -0.666. The lowest BCUT2D eigenvalue weighted by molar-refractivity contribution is 0.630. The largest absolute Gasteiger partial charge is 0.240 e. The monoisotopic (exact) mass is 237 g/mol. The van der Waals surface area contributed by atoms with E-state index in [1.54, 1.807) is 6.20 Å². The Morgan fingerprint density at radius 1 is 1.11 bits per heavy atom. The molecule has 1 aromatic carbocycles. The van der Waals surface area contributed by atoms with E-state index in [1.165, 1.54) is 5.56 Å². The zero-order chi connectivity index (χ0) is 13.2. The molecular weight excluding hydrogens is 222 g/mol. The highest BCUT2D eigenvalue weighted by Gasteiger charge is 2.23. The molecule has 0 N–H and O–H groups in total. The molecule has 2 rings (SSSR count). The van der Waals surface area contributed by atoms with E-state index in [-0.39, 0.29) is 0 Å². The van der Waals surface area contributed by atoms with Gasteiger partial charge in [-0.25, -0.2) is 9.97 Å². The molecule has 0 spiro atoms. The normalized spacial score (nSPS) is 11.0. The molecule has 0 aliphatic heterocycles. The molecule has 0 radical (unpaired) electrons. The van der Waals surface area contributed by atoms with E-state index in [2.05, 4.69) is 16.0 Å². The molecule has 1 heterocycles. The Labute approximate surface area is 107 Å². The third-order valence-corrected chi connectivity index (χ3v) is 2.84. The number of aromatic nitrogens is 2. The molecule has 0 aliphatic carbocycles. The number of aryl methyl sites for hydroxylation is 1. The Hall–Kier alpha value is -2.21. The van der Waals surface area contributed by atoms with Crippen LogP contribution in [0.3, 0.4) is 0 Å². The fraction of sp³-hybridized carbons (Fsp3) is 0.267. The standard InChI is InChI=1S/C15H15N3/c1-11-4-6-12(7-5-11)13-8-9-17-14(18-13)15(2,3)10-16/h4-9H,1-3H3. The van der Waals surface area contributed by atoms with E-state index < -0.39 is 5.41 Å². The Morgan fingerprint density at radius 2 is 1.78 bits per heavy atom. The Morgan fingerprint density at radius 3 is 2.39 bits per heavy atom. The van der Waals surface area contributed by atoms with E-state index in [4.69, 9.17) is 5.26 Å². The van der Waals surface area contributed by atoms with E-state index in [1.807, 2.05) is 51.1 Å². The van der Waals surface area contributed by atoms with Gasteiger partial charge in [0.25, 0.3) is 0 Å². The quantitative estimate of drug-likeness (QED) is 0.805. The van der Waals surface area contributed by atoms with Gasteiger partial charge in [-0.05, 0) is 26.8 Å². The fourth-order valence-electron chi connectivity index (χ4n) is 1.59. The molecule has 3 nitrogen and oxygen atoms in total.